The summed E-state index contributed by atoms with van der Waals surface area (Å²) in [5.41, 5.74) is 6.93. The molecule has 0 bridgehead atoms. The van der Waals surface area contributed by atoms with Crippen LogP contribution >= 0.6 is 0 Å². The van der Waals surface area contributed by atoms with E-state index in [2.05, 4.69) is 4.98 Å². The summed E-state index contributed by atoms with van der Waals surface area (Å²) in [4.78, 5) is 15.1. The third-order valence-electron chi connectivity index (χ3n) is 3.27. The zero-order valence-corrected chi connectivity index (χ0v) is 12.7. The number of nitrogens with two attached hydrogens (primary N) is 2. The van der Waals surface area contributed by atoms with Crippen LogP contribution in [0.5, 0.6) is 0 Å². The third-order valence-corrected chi connectivity index (χ3v) is 4.27. The van der Waals surface area contributed by atoms with Gasteiger partial charge in [0.05, 0.1) is 17.6 Å². The van der Waals surface area contributed by atoms with Crippen molar-refractivity contribution in [1.82, 2.24) is 13.9 Å². The van der Waals surface area contributed by atoms with E-state index in [1.165, 1.54) is 0 Å². The first kappa shape index (κ1) is 16.4. The zero-order valence-electron chi connectivity index (χ0n) is 11.9. The second kappa shape index (κ2) is 6.01. The van der Waals surface area contributed by atoms with Crippen LogP contribution in [0.15, 0.2) is 24.3 Å². The second-order valence-electron chi connectivity index (χ2n) is 4.86. The highest BCUT2D eigenvalue weighted by molar-refractivity contribution is 7.86. The van der Waals surface area contributed by atoms with Gasteiger partial charge in [-0.25, -0.2) is 10.1 Å². The molecule has 0 radical (unpaired) electrons. The van der Waals surface area contributed by atoms with Crippen LogP contribution in [0, 0.1) is 0 Å². The van der Waals surface area contributed by atoms with Crippen LogP contribution in [0.4, 0.5) is 0 Å². The fourth-order valence-corrected chi connectivity index (χ4v) is 2.71. The lowest BCUT2D eigenvalue weighted by molar-refractivity contribution is -0.138. The SMILES string of the molecule is Cn1c(CN(CC(N)C(=O)O)S(N)(=O)=O)nc2ccccc21. The summed E-state index contributed by atoms with van der Waals surface area (Å²) in [5.74, 6) is -0.869. The van der Waals surface area contributed by atoms with Crippen LogP contribution in [0.1, 0.15) is 5.82 Å². The topological polar surface area (TPSA) is 145 Å². The third kappa shape index (κ3) is 3.42. The minimum Gasteiger partial charge on any atom is -0.480 e. The van der Waals surface area contributed by atoms with E-state index in [4.69, 9.17) is 16.0 Å². The average Bonchev–Trinajstić information content (AvgIpc) is 2.74. The number of hydrogen-bond acceptors (Lipinski definition) is 5. The van der Waals surface area contributed by atoms with E-state index in [0.29, 0.717) is 11.3 Å². The Morgan fingerprint density at radius 3 is 2.64 bits per heavy atom. The molecule has 1 heterocycles. The Kier molecular flexibility index (Phi) is 4.47. The average molecular weight is 327 g/mol. The van der Waals surface area contributed by atoms with Gasteiger partial charge in [0.2, 0.25) is 0 Å². The molecule has 10 heteroatoms. The van der Waals surface area contributed by atoms with Crippen LogP contribution in [-0.4, -0.2) is 45.9 Å². The van der Waals surface area contributed by atoms with Gasteiger partial charge in [-0.3, -0.25) is 4.79 Å². The maximum absolute atomic E-state index is 11.6. The lowest BCUT2D eigenvalue weighted by Crippen LogP contribution is -2.47. The van der Waals surface area contributed by atoms with Gasteiger partial charge in [-0.05, 0) is 12.1 Å². The maximum Gasteiger partial charge on any atom is 0.321 e. The Hall–Kier alpha value is -2.01. The molecule has 0 aliphatic carbocycles. The van der Waals surface area contributed by atoms with Gasteiger partial charge in [0, 0.05) is 13.6 Å². The van der Waals surface area contributed by atoms with Gasteiger partial charge in [0.1, 0.15) is 11.9 Å². The summed E-state index contributed by atoms with van der Waals surface area (Å²) >= 11 is 0. The second-order valence-corrected chi connectivity index (χ2v) is 6.40. The van der Waals surface area contributed by atoms with Crippen LogP contribution in [0.3, 0.4) is 0 Å². The Morgan fingerprint density at radius 2 is 2.09 bits per heavy atom. The number of benzene rings is 1. The summed E-state index contributed by atoms with van der Waals surface area (Å²) in [6, 6.07) is 5.93. The fourth-order valence-electron chi connectivity index (χ4n) is 2.05. The Bertz CT molecular complexity index is 801. The number of hydrogen-bond donors (Lipinski definition) is 3. The maximum atomic E-state index is 11.6. The summed E-state index contributed by atoms with van der Waals surface area (Å²) in [6.07, 6.45) is 0. The fraction of sp³-hybridized carbons (Fsp3) is 0.333. The molecular formula is C12H17N5O4S. The number of carbonyl (C=O) groups is 1. The van der Waals surface area contributed by atoms with Crippen molar-refractivity contribution in [2.45, 2.75) is 12.6 Å². The number of para-hydroxylation sites is 2. The lowest BCUT2D eigenvalue weighted by Gasteiger charge is -2.20. The molecule has 1 aromatic carbocycles. The van der Waals surface area contributed by atoms with E-state index in [1.54, 1.807) is 17.7 Å². The van der Waals surface area contributed by atoms with Crippen molar-refractivity contribution < 1.29 is 18.3 Å². The van der Waals surface area contributed by atoms with Gasteiger partial charge < -0.3 is 15.4 Å². The molecule has 1 atom stereocenters. The largest absolute Gasteiger partial charge is 0.480 e. The molecule has 2 aromatic rings. The highest BCUT2D eigenvalue weighted by Gasteiger charge is 2.25. The van der Waals surface area contributed by atoms with E-state index in [0.717, 1.165) is 9.82 Å². The van der Waals surface area contributed by atoms with Crippen molar-refractivity contribution in [3.8, 4) is 0 Å². The smallest absolute Gasteiger partial charge is 0.321 e. The minimum absolute atomic E-state index is 0.162. The number of carboxylic acid groups (broad SMARTS) is 1. The number of imidazole rings is 1. The van der Waals surface area contributed by atoms with Gasteiger partial charge in [0.25, 0.3) is 10.2 Å². The highest BCUT2D eigenvalue weighted by atomic mass is 32.2. The first-order valence-corrected chi connectivity index (χ1v) is 7.87. The summed E-state index contributed by atoms with van der Waals surface area (Å²) in [5, 5.41) is 14.0. The van der Waals surface area contributed by atoms with Crippen molar-refractivity contribution >= 4 is 27.2 Å². The molecule has 0 aliphatic heterocycles. The van der Waals surface area contributed by atoms with E-state index in [1.807, 2.05) is 18.2 Å². The van der Waals surface area contributed by atoms with Crippen LogP contribution in [-0.2, 0) is 28.6 Å². The molecule has 1 unspecified atom stereocenters. The first-order valence-electron chi connectivity index (χ1n) is 6.36. The number of nitrogens with zero attached hydrogens (tertiary/aromatic N) is 3. The molecule has 120 valence electrons. The number of aliphatic carboxylic acids is 1. The highest BCUT2D eigenvalue weighted by Crippen LogP contribution is 2.16. The van der Waals surface area contributed by atoms with Crippen molar-refractivity contribution in [2.24, 2.45) is 17.9 Å². The Labute approximate surface area is 127 Å². The molecule has 0 aliphatic rings. The number of carboxylic acids is 1. The van der Waals surface area contributed by atoms with Crippen LogP contribution in [0.2, 0.25) is 0 Å². The van der Waals surface area contributed by atoms with Gasteiger partial charge >= 0.3 is 5.97 Å². The quantitative estimate of drug-likeness (QED) is 0.620. The number of aryl methyl sites for hydroxylation is 1. The van der Waals surface area contributed by atoms with Gasteiger partial charge in [0.15, 0.2) is 0 Å². The van der Waals surface area contributed by atoms with Crippen molar-refractivity contribution in [1.29, 1.82) is 0 Å². The number of rotatable bonds is 6. The molecule has 5 N–H and O–H groups in total. The molecular weight excluding hydrogens is 310 g/mol. The van der Waals surface area contributed by atoms with E-state index >= 15 is 0 Å². The molecule has 0 saturated carbocycles. The Morgan fingerprint density at radius 1 is 1.45 bits per heavy atom. The van der Waals surface area contributed by atoms with Gasteiger partial charge in [-0.1, -0.05) is 12.1 Å². The van der Waals surface area contributed by atoms with E-state index in [-0.39, 0.29) is 6.54 Å². The van der Waals surface area contributed by atoms with Gasteiger partial charge in [-0.15, -0.1) is 0 Å². The molecule has 0 amide bonds. The predicted octanol–water partition coefficient (Wildman–Crippen LogP) is -1.01. The number of aromatic nitrogens is 2. The molecule has 1 aromatic heterocycles. The van der Waals surface area contributed by atoms with Gasteiger partial charge in [-0.2, -0.15) is 12.7 Å². The molecule has 0 spiro atoms. The van der Waals surface area contributed by atoms with Crippen LogP contribution < -0.4 is 10.9 Å². The minimum atomic E-state index is -4.11. The zero-order chi connectivity index (χ0) is 16.5. The summed E-state index contributed by atoms with van der Waals surface area (Å²) in [7, 11) is -2.37. The molecule has 22 heavy (non-hydrogen) atoms. The normalized spacial score (nSPS) is 13.6. The van der Waals surface area contributed by atoms with Crippen LogP contribution in [0.25, 0.3) is 11.0 Å². The monoisotopic (exact) mass is 327 g/mol. The summed E-state index contributed by atoms with van der Waals surface area (Å²) < 4.78 is 25.8. The molecule has 2 rings (SSSR count). The lowest BCUT2D eigenvalue weighted by atomic mass is 10.3. The Balaban J connectivity index is 2.33. The van der Waals surface area contributed by atoms with Crippen molar-refractivity contribution in [3.63, 3.8) is 0 Å². The van der Waals surface area contributed by atoms with E-state index < -0.39 is 28.8 Å². The van der Waals surface area contributed by atoms with E-state index in [9.17, 15) is 13.2 Å². The van der Waals surface area contributed by atoms with Crippen molar-refractivity contribution in [3.05, 3.63) is 30.1 Å². The standard InChI is InChI=1S/C12H17N5O4S/c1-16-10-5-3-2-4-9(10)15-11(16)7-17(22(14,20)21)6-8(13)12(18)19/h2-5,8H,6-7,13H2,1H3,(H,18,19)(H2,14,20,21). The molecule has 0 fully saturated rings. The predicted molar refractivity (Wildman–Crippen MR) is 79.8 cm³/mol. The molecule has 0 saturated heterocycles. The molecule has 9 nitrogen and oxygen atoms in total. The summed E-state index contributed by atoms with van der Waals surface area (Å²) in [6.45, 7) is -0.595. The first-order chi connectivity index (χ1) is 10.2. The number of fused-ring (bicyclic) bond motifs is 1. The van der Waals surface area contributed by atoms with Crippen molar-refractivity contribution in [2.75, 3.05) is 6.54 Å².